The van der Waals surface area contributed by atoms with Gasteiger partial charge in [0.2, 0.25) is 0 Å². The van der Waals surface area contributed by atoms with Crippen LogP contribution < -0.4 is 10.1 Å². The topological polar surface area (TPSA) is 41.6 Å². The predicted molar refractivity (Wildman–Crippen MR) is 126 cm³/mol. The molecule has 3 aromatic rings. The number of benzene rings is 3. The highest BCUT2D eigenvalue weighted by Gasteiger charge is 2.23. The van der Waals surface area contributed by atoms with Gasteiger partial charge in [-0.1, -0.05) is 42.5 Å². The van der Waals surface area contributed by atoms with E-state index >= 15 is 0 Å². The van der Waals surface area contributed by atoms with Crippen LogP contribution in [0.2, 0.25) is 0 Å². The van der Waals surface area contributed by atoms with E-state index in [1.165, 1.54) is 6.07 Å². The number of halogens is 3. The Bertz CT molecular complexity index is 1110. The van der Waals surface area contributed by atoms with Crippen molar-refractivity contribution in [2.45, 2.75) is 6.04 Å². The van der Waals surface area contributed by atoms with E-state index in [-0.39, 0.29) is 11.1 Å². The third-order valence-corrected chi connectivity index (χ3v) is 5.46. The largest absolute Gasteiger partial charge is 0.432 e. The number of rotatable bonds is 6. The molecule has 0 radical (unpaired) electrons. The molecule has 0 bridgehead atoms. The number of alkyl halides is 1. The quantitative estimate of drug-likeness (QED) is 0.375. The van der Waals surface area contributed by atoms with Gasteiger partial charge in [0.1, 0.15) is 22.9 Å². The van der Waals surface area contributed by atoms with Crippen molar-refractivity contribution < 1.29 is 18.3 Å². The van der Waals surface area contributed by atoms with Crippen molar-refractivity contribution >= 4 is 34.9 Å². The molecule has 0 saturated carbocycles. The summed E-state index contributed by atoms with van der Waals surface area (Å²) < 4.78 is 33.9. The highest BCUT2D eigenvalue weighted by molar-refractivity contribution is 7.80. The zero-order chi connectivity index (χ0) is 23.3. The van der Waals surface area contributed by atoms with Gasteiger partial charge in [-0.15, -0.1) is 11.6 Å². The lowest BCUT2D eigenvalue weighted by molar-refractivity contribution is 0.0932. The Morgan fingerprint density at radius 3 is 2.31 bits per heavy atom. The van der Waals surface area contributed by atoms with Crippen LogP contribution in [0.25, 0.3) is 11.1 Å². The maximum absolute atomic E-state index is 14.1. The zero-order valence-corrected chi connectivity index (χ0v) is 19.0. The molecule has 0 saturated heterocycles. The van der Waals surface area contributed by atoms with Crippen molar-refractivity contribution in [1.82, 2.24) is 10.2 Å². The molecule has 32 heavy (non-hydrogen) atoms. The monoisotopic (exact) mass is 474 g/mol. The predicted octanol–water partition coefficient (Wildman–Crippen LogP) is 5.57. The molecule has 3 rings (SSSR count). The van der Waals surface area contributed by atoms with Crippen molar-refractivity contribution in [3.8, 4) is 16.9 Å². The van der Waals surface area contributed by atoms with Gasteiger partial charge in [0.25, 0.3) is 11.1 Å². The first-order valence-electron chi connectivity index (χ1n) is 9.71. The Kier molecular flexibility index (Phi) is 7.77. The molecule has 1 atom stereocenters. The van der Waals surface area contributed by atoms with Gasteiger partial charge in [-0.05, 0) is 53.2 Å². The fourth-order valence-electron chi connectivity index (χ4n) is 3.11. The maximum atomic E-state index is 14.1. The SMILES string of the molecule is CN(C)C(=S)Oc1ccc(-c2ccccc2)c(C(CCl)NC(=O)c2c(F)cccc2F)c1. The average Bonchev–Trinajstić information content (AvgIpc) is 2.77. The summed E-state index contributed by atoms with van der Waals surface area (Å²) in [5.41, 5.74) is 1.62. The van der Waals surface area contributed by atoms with E-state index in [0.717, 1.165) is 23.3 Å². The fourth-order valence-corrected chi connectivity index (χ4v) is 3.45. The van der Waals surface area contributed by atoms with Crippen LogP contribution in [0.4, 0.5) is 8.78 Å². The Morgan fingerprint density at radius 2 is 1.72 bits per heavy atom. The van der Waals surface area contributed by atoms with Gasteiger partial charge in [0.05, 0.1) is 6.04 Å². The normalized spacial score (nSPS) is 11.5. The molecule has 3 aromatic carbocycles. The molecular weight excluding hydrogens is 454 g/mol. The summed E-state index contributed by atoms with van der Waals surface area (Å²) in [6, 6.07) is 17.3. The molecule has 166 valence electrons. The number of hydrogen-bond acceptors (Lipinski definition) is 3. The van der Waals surface area contributed by atoms with E-state index in [4.69, 9.17) is 28.6 Å². The van der Waals surface area contributed by atoms with Crippen molar-refractivity contribution in [2.24, 2.45) is 0 Å². The Hall–Kier alpha value is -3.03. The van der Waals surface area contributed by atoms with E-state index in [2.05, 4.69) is 5.32 Å². The van der Waals surface area contributed by atoms with Gasteiger partial charge in [0.15, 0.2) is 0 Å². The number of thiocarbonyl (C=S) groups is 1. The third-order valence-electron chi connectivity index (χ3n) is 4.70. The van der Waals surface area contributed by atoms with E-state index in [0.29, 0.717) is 11.3 Å². The first kappa shape index (κ1) is 23.6. The van der Waals surface area contributed by atoms with Crippen LogP contribution in [0.15, 0.2) is 66.7 Å². The molecule has 0 aliphatic rings. The van der Waals surface area contributed by atoms with E-state index in [1.807, 2.05) is 36.4 Å². The molecule has 0 fully saturated rings. The number of hydrogen-bond donors (Lipinski definition) is 1. The molecule has 0 spiro atoms. The summed E-state index contributed by atoms with van der Waals surface area (Å²) >= 11 is 11.4. The second-order valence-corrected chi connectivity index (χ2v) is 7.81. The summed E-state index contributed by atoms with van der Waals surface area (Å²) in [4.78, 5) is 14.4. The minimum atomic E-state index is -0.951. The molecule has 0 aliphatic carbocycles. The Balaban J connectivity index is 2.02. The van der Waals surface area contributed by atoms with Crippen LogP contribution in [0, 0.1) is 11.6 Å². The fraction of sp³-hybridized carbons (Fsp3) is 0.167. The molecule has 1 amide bonds. The standard InChI is InChI=1S/C24H21ClF2N2O2S/c1-29(2)24(32)31-16-11-12-17(15-7-4-3-5-8-15)18(13-16)21(14-25)28-23(30)22-19(26)9-6-10-20(22)27/h3-13,21H,14H2,1-2H3,(H,28,30). The summed E-state index contributed by atoms with van der Waals surface area (Å²) in [6.45, 7) is 0. The first-order valence-corrected chi connectivity index (χ1v) is 10.7. The number of nitrogens with zero attached hydrogens (tertiary/aromatic N) is 1. The van der Waals surface area contributed by atoms with Crippen LogP contribution in [0.5, 0.6) is 5.75 Å². The minimum absolute atomic E-state index is 0.0385. The van der Waals surface area contributed by atoms with E-state index in [1.54, 1.807) is 31.1 Å². The molecule has 8 heteroatoms. The second-order valence-electron chi connectivity index (χ2n) is 7.15. The lowest BCUT2D eigenvalue weighted by Gasteiger charge is -2.22. The molecule has 0 heterocycles. The zero-order valence-electron chi connectivity index (χ0n) is 17.4. The van der Waals surface area contributed by atoms with Crippen LogP contribution in [-0.4, -0.2) is 36.0 Å². The molecule has 0 aliphatic heterocycles. The molecule has 4 nitrogen and oxygen atoms in total. The van der Waals surface area contributed by atoms with E-state index in [9.17, 15) is 13.6 Å². The highest BCUT2D eigenvalue weighted by atomic mass is 35.5. The summed E-state index contributed by atoms with van der Waals surface area (Å²) in [5.74, 6) is -2.40. The number of nitrogens with one attached hydrogen (secondary N) is 1. The van der Waals surface area contributed by atoms with Crippen molar-refractivity contribution in [2.75, 3.05) is 20.0 Å². The second kappa shape index (κ2) is 10.5. The Morgan fingerprint density at radius 1 is 1.06 bits per heavy atom. The molecule has 1 N–H and O–H groups in total. The summed E-state index contributed by atoms with van der Waals surface area (Å²) in [7, 11) is 3.51. The molecule has 0 aromatic heterocycles. The van der Waals surface area contributed by atoms with Crippen LogP contribution in [-0.2, 0) is 0 Å². The number of carbonyl (C=O) groups excluding carboxylic acids is 1. The number of ether oxygens (including phenoxy) is 1. The first-order chi connectivity index (χ1) is 15.3. The van der Waals surface area contributed by atoms with Crippen molar-refractivity contribution in [3.05, 3.63) is 89.5 Å². The molecular formula is C24H21ClF2N2O2S. The lowest BCUT2D eigenvalue weighted by Crippen LogP contribution is -2.31. The maximum Gasteiger partial charge on any atom is 0.264 e. The van der Waals surface area contributed by atoms with Gasteiger partial charge in [0, 0.05) is 20.0 Å². The number of amides is 1. The minimum Gasteiger partial charge on any atom is -0.432 e. The van der Waals surface area contributed by atoms with Gasteiger partial charge < -0.3 is 15.0 Å². The van der Waals surface area contributed by atoms with Crippen LogP contribution in [0.1, 0.15) is 22.0 Å². The van der Waals surface area contributed by atoms with Crippen molar-refractivity contribution in [3.63, 3.8) is 0 Å². The van der Waals surface area contributed by atoms with Gasteiger partial charge in [-0.25, -0.2) is 8.78 Å². The van der Waals surface area contributed by atoms with E-state index < -0.39 is 29.1 Å². The van der Waals surface area contributed by atoms with Crippen LogP contribution >= 0.6 is 23.8 Å². The third kappa shape index (κ3) is 5.41. The van der Waals surface area contributed by atoms with Crippen LogP contribution in [0.3, 0.4) is 0 Å². The number of carbonyl (C=O) groups is 1. The van der Waals surface area contributed by atoms with Crippen molar-refractivity contribution in [1.29, 1.82) is 0 Å². The van der Waals surface area contributed by atoms with Gasteiger partial charge in [-0.3, -0.25) is 4.79 Å². The molecule has 1 unspecified atom stereocenters. The lowest BCUT2D eigenvalue weighted by atomic mass is 9.95. The highest BCUT2D eigenvalue weighted by Crippen LogP contribution is 2.33. The summed E-state index contributed by atoms with van der Waals surface area (Å²) in [5, 5.41) is 2.90. The average molecular weight is 475 g/mol. The summed E-state index contributed by atoms with van der Waals surface area (Å²) in [6.07, 6.45) is 0. The van der Waals surface area contributed by atoms with Gasteiger partial charge in [-0.2, -0.15) is 0 Å². The van der Waals surface area contributed by atoms with Gasteiger partial charge >= 0.3 is 0 Å². The Labute approximate surface area is 195 Å². The smallest absolute Gasteiger partial charge is 0.264 e.